The van der Waals surface area contributed by atoms with E-state index in [1.54, 1.807) is 0 Å². The Morgan fingerprint density at radius 3 is 2.64 bits per heavy atom. The van der Waals surface area contributed by atoms with Crippen molar-refractivity contribution in [1.29, 1.82) is 5.26 Å². The van der Waals surface area contributed by atoms with Gasteiger partial charge in [0.15, 0.2) is 0 Å². The monoisotopic (exact) mass is 198 g/mol. The number of hydrogen-bond acceptors (Lipinski definition) is 4. The van der Waals surface area contributed by atoms with Crippen molar-refractivity contribution >= 4 is 0 Å². The maximum Gasteiger partial charge on any atom is 0.0635 e. The van der Waals surface area contributed by atoms with E-state index >= 15 is 0 Å². The molecule has 1 unspecified atom stereocenters. The van der Waals surface area contributed by atoms with Gasteiger partial charge in [0.25, 0.3) is 0 Å². The van der Waals surface area contributed by atoms with Crippen LogP contribution in [-0.4, -0.2) is 25.2 Å². The van der Waals surface area contributed by atoms with E-state index in [9.17, 15) is 0 Å². The smallest absolute Gasteiger partial charge is 0.0635 e. The predicted octanol–water partition coefficient (Wildman–Crippen LogP) is 0.336. The molecule has 14 heavy (non-hydrogen) atoms. The van der Waals surface area contributed by atoms with Gasteiger partial charge in [-0.2, -0.15) is 5.26 Å². The SMILES string of the molecule is CC(N)(CCN)CCCNCCC#N. The highest BCUT2D eigenvalue weighted by Crippen LogP contribution is 2.11. The molecule has 0 fully saturated rings. The van der Waals surface area contributed by atoms with Crippen LogP contribution in [0.25, 0.3) is 0 Å². The molecule has 0 aliphatic rings. The van der Waals surface area contributed by atoms with E-state index in [0.29, 0.717) is 13.0 Å². The average molecular weight is 198 g/mol. The lowest BCUT2D eigenvalue weighted by Gasteiger charge is -2.23. The third-order valence-corrected chi connectivity index (χ3v) is 2.23. The van der Waals surface area contributed by atoms with Gasteiger partial charge in [0, 0.05) is 18.5 Å². The van der Waals surface area contributed by atoms with Gasteiger partial charge in [0.1, 0.15) is 0 Å². The number of nitriles is 1. The van der Waals surface area contributed by atoms with Crippen LogP contribution in [0.1, 0.15) is 32.6 Å². The number of rotatable bonds is 8. The highest BCUT2D eigenvalue weighted by Gasteiger charge is 2.15. The summed E-state index contributed by atoms with van der Waals surface area (Å²) in [5.74, 6) is 0. The quantitative estimate of drug-likeness (QED) is 0.491. The summed E-state index contributed by atoms with van der Waals surface area (Å²) in [4.78, 5) is 0. The molecule has 0 amide bonds. The second kappa shape index (κ2) is 7.74. The molecule has 0 aliphatic carbocycles. The highest BCUT2D eigenvalue weighted by atomic mass is 14.8. The Labute approximate surface area is 86.6 Å². The van der Waals surface area contributed by atoms with Gasteiger partial charge in [-0.15, -0.1) is 0 Å². The standard InChI is InChI=1S/C10H22N4/c1-10(13,5-7-12)4-2-8-14-9-3-6-11/h14H,2-5,7-9,12-13H2,1H3. The zero-order valence-corrected chi connectivity index (χ0v) is 9.05. The first-order valence-electron chi connectivity index (χ1n) is 5.19. The Kier molecular flexibility index (Phi) is 7.40. The van der Waals surface area contributed by atoms with Crippen LogP contribution in [0.15, 0.2) is 0 Å². The molecule has 0 aromatic rings. The summed E-state index contributed by atoms with van der Waals surface area (Å²) in [5, 5.41) is 11.5. The summed E-state index contributed by atoms with van der Waals surface area (Å²) < 4.78 is 0. The van der Waals surface area contributed by atoms with Gasteiger partial charge in [-0.05, 0) is 39.3 Å². The summed E-state index contributed by atoms with van der Waals surface area (Å²) >= 11 is 0. The van der Waals surface area contributed by atoms with E-state index in [1.165, 1.54) is 0 Å². The Bertz CT molecular complexity index is 171. The molecule has 0 aliphatic heterocycles. The molecule has 0 saturated carbocycles. The molecule has 4 heteroatoms. The van der Waals surface area contributed by atoms with Gasteiger partial charge < -0.3 is 16.8 Å². The van der Waals surface area contributed by atoms with Crippen LogP contribution in [0.2, 0.25) is 0 Å². The van der Waals surface area contributed by atoms with Crippen molar-refractivity contribution in [3.8, 4) is 6.07 Å². The van der Waals surface area contributed by atoms with Crippen molar-refractivity contribution in [3.05, 3.63) is 0 Å². The number of hydrogen-bond donors (Lipinski definition) is 3. The molecule has 0 saturated heterocycles. The maximum atomic E-state index is 8.30. The Hall–Kier alpha value is -0.630. The largest absolute Gasteiger partial charge is 0.330 e. The summed E-state index contributed by atoms with van der Waals surface area (Å²) in [6.45, 7) is 4.39. The molecule has 5 N–H and O–H groups in total. The average Bonchev–Trinajstić information content (AvgIpc) is 2.11. The van der Waals surface area contributed by atoms with E-state index in [1.807, 2.05) is 6.92 Å². The molecule has 0 rings (SSSR count). The van der Waals surface area contributed by atoms with Gasteiger partial charge in [-0.25, -0.2) is 0 Å². The molecule has 0 heterocycles. The first kappa shape index (κ1) is 13.4. The number of nitrogens with zero attached hydrogens (tertiary/aromatic N) is 1. The van der Waals surface area contributed by atoms with E-state index in [2.05, 4.69) is 11.4 Å². The van der Waals surface area contributed by atoms with Gasteiger partial charge in [0.2, 0.25) is 0 Å². The second-order valence-electron chi connectivity index (χ2n) is 3.95. The van der Waals surface area contributed by atoms with E-state index < -0.39 is 0 Å². The van der Waals surface area contributed by atoms with Gasteiger partial charge in [-0.1, -0.05) is 0 Å². The molecular formula is C10H22N4. The summed E-state index contributed by atoms with van der Waals surface area (Å²) in [6, 6.07) is 2.09. The fourth-order valence-corrected chi connectivity index (χ4v) is 1.34. The topological polar surface area (TPSA) is 87.9 Å². The van der Waals surface area contributed by atoms with Crippen LogP contribution in [-0.2, 0) is 0 Å². The third kappa shape index (κ3) is 7.99. The van der Waals surface area contributed by atoms with Crippen molar-refractivity contribution < 1.29 is 0 Å². The fourth-order valence-electron chi connectivity index (χ4n) is 1.34. The summed E-state index contributed by atoms with van der Waals surface area (Å²) in [5.41, 5.74) is 11.3. The van der Waals surface area contributed by atoms with Crippen LogP contribution in [0.4, 0.5) is 0 Å². The van der Waals surface area contributed by atoms with Crippen molar-refractivity contribution in [2.45, 2.75) is 38.1 Å². The minimum absolute atomic E-state index is 0.133. The predicted molar refractivity (Wildman–Crippen MR) is 58.6 cm³/mol. The van der Waals surface area contributed by atoms with Crippen LogP contribution in [0.5, 0.6) is 0 Å². The van der Waals surface area contributed by atoms with Crippen molar-refractivity contribution in [2.75, 3.05) is 19.6 Å². The zero-order valence-electron chi connectivity index (χ0n) is 9.05. The molecule has 1 atom stereocenters. The van der Waals surface area contributed by atoms with Crippen LogP contribution in [0.3, 0.4) is 0 Å². The minimum Gasteiger partial charge on any atom is -0.330 e. The number of nitrogens with two attached hydrogens (primary N) is 2. The minimum atomic E-state index is -0.133. The van der Waals surface area contributed by atoms with E-state index in [4.69, 9.17) is 16.7 Å². The Morgan fingerprint density at radius 1 is 1.36 bits per heavy atom. The molecule has 0 aromatic heterocycles. The van der Waals surface area contributed by atoms with Gasteiger partial charge in [0.05, 0.1) is 6.07 Å². The van der Waals surface area contributed by atoms with Crippen molar-refractivity contribution in [3.63, 3.8) is 0 Å². The molecule has 0 bridgehead atoms. The first-order chi connectivity index (χ1) is 6.62. The molecule has 82 valence electrons. The van der Waals surface area contributed by atoms with Gasteiger partial charge >= 0.3 is 0 Å². The van der Waals surface area contributed by atoms with Crippen molar-refractivity contribution in [2.24, 2.45) is 11.5 Å². The lowest BCUT2D eigenvalue weighted by atomic mass is 9.93. The fraction of sp³-hybridized carbons (Fsp3) is 0.900. The second-order valence-corrected chi connectivity index (χ2v) is 3.95. The highest BCUT2D eigenvalue weighted by molar-refractivity contribution is 4.79. The maximum absolute atomic E-state index is 8.30. The lowest BCUT2D eigenvalue weighted by Crippen LogP contribution is -2.38. The zero-order chi connectivity index (χ0) is 10.9. The van der Waals surface area contributed by atoms with Crippen LogP contribution < -0.4 is 16.8 Å². The molecular weight excluding hydrogens is 176 g/mol. The lowest BCUT2D eigenvalue weighted by molar-refractivity contribution is 0.390. The van der Waals surface area contributed by atoms with Crippen LogP contribution in [0, 0.1) is 11.3 Å². The molecule has 0 aromatic carbocycles. The summed E-state index contributed by atoms with van der Waals surface area (Å²) in [6.07, 6.45) is 3.45. The van der Waals surface area contributed by atoms with E-state index in [0.717, 1.165) is 32.4 Å². The third-order valence-electron chi connectivity index (χ3n) is 2.23. The summed E-state index contributed by atoms with van der Waals surface area (Å²) in [7, 11) is 0. The van der Waals surface area contributed by atoms with E-state index in [-0.39, 0.29) is 5.54 Å². The van der Waals surface area contributed by atoms with Gasteiger partial charge in [-0.3, -0.25) is 0 Å². The molecule has 0 spiro atoms. The number of nitrogens with one attached hydrogen (secondary N) is 1. The Morgan fingerprint density at radius 2 is 2.07 bits per heavy atom. The molecule has 4 nitrogen and oxygen atoms in total. The van der Waals surface area contributed by atoms with Crippen LogP contribution >= 0.6 is 0 Å². The molecule has 0 radical (unpaired) electrons. The Balaban J connectivity index is 3.31. The normalized spacial score (nSPS) is 14.7. The van der Waals surface area contributed by atoms with Crippen molar-refractivity contribution in [1.82, 2.24) is 5.32 Å². The first-order valence-corrected chi connectivity index (χ1v) is 5.19.